The van der Waals surface area contributed by atoms with Gasteiger partial charge in [0.1, 0.15) is 6.33 Å². The van der Waals surface area contributed by atoms with E-state index in [1.165, 1.54) is 17.3 Å². The Morgan fingerprint density at radius 1 is 1.46 bits per heavy atom. The van der Waals surface area contributed by atoms with Gasteiger partial charge in [-0.2, -0.15) is 0 Å². The fraction of sp³-hybridized carbons (Fsp3) is 0.375. The van der Waals surface area contributed by atoms with Gasteiger partial charge in [0.2, 0.25) is 11.8 Å². The third-order valence-corrected chi connectivity index (χ3v) is 4.77. The fourth-order valence-corrected chi connectivity index (χ4v) is 3.37. The van der Waals surface area contributed by atoms with Crippen molar-refractivity contribution in [3.63, 3.8) is 0 Å². The molecule has 0 spiro atoms. The van der Waals surface area contributed by atoms with Crippen LogP contribution in [0.2, 0.25) is 0 Å². The van der Waals surface area contributed by atoms with E-state index in [0.29, 0.717) is 18.1 Å². The first kappa shape index (κ1) is 16.5. The molecule has 126 valence electrons. The minimum atomic E-state index is -0.121. The molecule has 1 aromatic heterocycles. The first-order valence-electron chi connectivity index (χ1n) is 7.84. The molecule has 24 heavy (non-hydrogen) atoms. The minimum absolute atomic E-state index is 0.0242. The van der Waals surface area contributed by atoms with Crippen LogP contribution >= 0.6 is 11.8 Å². The van der Waals surface area contributed by atoms with Crippen molar-refractivity contribution in [2.75, 3.05) is 12.3 Å². The lowest BCUT2D eigenvalue weighted by Gasteiger charge is -2.12. The van der Waals surface area contributed by atoms with Crippen LogP contribution in [0.25, 0.3) is 5.69 Å². The molecule has 1 saturated heterocycles. The van der Waals surface area contributed by atoms with Crippen LogP contribution in [-0.2, 0) is 16.0 Å². The largest absolute Gasteiger partial charge is 0.354 e. The maximum absolute atomic E-state index is 12.0. The van der Waals surface area contributed by atoms with Crippen molar-refractivity contribution in [2.45, 2.75) is 31.0 Å². The molecule has 0 saturated carbocycles. The Balaban J connectivity index is 1.63. The zero-order valence-corrected chi connectivity index (χ0v) is 14.2. The maximum atomic E-state index is 12.0. The first-order valence-corrected chi connectivity index (χ1v) is 8.83. The highest BCUT2D eigenvalue weighted by Crippen LogP contribution is 2.22. The number of hydrogen-bond acceptors (Lipinski definition) is 5. The summed E-state index contributed by atoms with van der Waals surface area (Å²) in [5.74, 6) is 0.0983. The van der Waals surface area contributed by atoms with Crippen LogP contribution in [0.4, 0.5) is 0 Å². The third kappa shape index (κ3) is 3.76. The number of rotatable bonds is 6. The molecule has 2 aromatic rings. The maximum Gasteiger partial charge on any atom is 0.230 e. The predicted molar refractivity (Wildman–Crippen MR) is 91.0 cm³/mol. The van der Waals surface area contributed by atoms with Crippen molar-refractivity contribution in [1.29, 1.82) is 0 Å². The van der Waals surface area contributed by atoms with E-state index in [-0.39, 0.29) is 23.6 Å². The third-order valence-electron chi connectivity index (χ3n) is 3.82. The monoisotopic (exact) mass is 345 g/mol. The Morgan fingerprint density at radius 2 is 2.29 bits per heavy atom. The standard InChI is InChI=1S/C16H19N5O2S/c1-2-11-5-3-4-6-13(11)21-10-18-20-16(21)24-9-15(23)19-12-7-14(22)17-8-12/h3-6,10,12H,2,7-9H2,1H3,(H,17,22)(H,19,23)/t12-/m0/s1. The predicted octanol–water partition coefficient (Wildman–Crippen LogP) is 0.926. The zero-order chi connectivity index (χ0) is 16.9. The second-order valence-corrected chi connectivity index (χ2v) is 6.47. The normalized spacial score (nSPS) is 16.9. The van der Waals surface area contributed by atoms with E-state index >= 15 is 0 Å². The summed E-state index contributed by atoms with van der Waals surface area (Å²) >= 11 is 1.33. The summed E-state index contributed by atoms with van der Waals surface area (Å²) in [4.78, 5) is 23.2. The summed E-state index contributed by atoms with van der Waals surface area (Å²) in [7, 11) is 0. The second kappa shape index (κ2) is 7.48. The molecule has 2 amide bonds. The number of para-hydroxylation sites is 1. The van der Waals surface area contributed by atoms with E-state index in [9.17, 15) is 9.59 Å². The molecule has 8 heteroatoms. The van der Waals surface area contributed by atoms with Crippen LogP contribution in [-0.4, -0.2) is 44.9 Å². The van der Waals surface area contributed by atoms with E-state index in [2.05, 4.69) is 33.8 Å². The van der Waals surface area contributed by atoms with Gasteiger partial charge in [0.25, 0.3) is 0 Å². The number of thioether (sulfide) groups is 1. The van der Waals surface area contributed by atoms with E-state index in [1.807, 2.05) is 22.8 Å². The average molecular weight is 345 g/mol. The molecule has 1 fully saturated rings. The van der Waals surface area contributed by atoms with Gasteiger partial charge in [-0.25, -0.2) is 0 Å². The molecule has 1 aliphatic heterocycles. The van der Waals surface area contributed by atoms with Crippen molar-refractivity contribution in [3.8, 4) is 5.69 Å². The summed E-state index contributed by atoms with van der Waals surface area (Å²) in [6.45, 7) is 2.59. The number of aryl methyl sites for hydroxylation is 1. The molecule has 7 nitrogen and oxygen atoms in total. The highest BCUT2D eigenvalue weighted by Gasteiger charge is 2.23. The summed E-state index contributed by atoms with van der Waals surface area (Å²) in [6.07, 6.45) is 2.91. The number of hydrogen-bond donors (Lipinski definition) is 2. The van der Waals surface area contributed by atoms with Crippen LogP contribution in [0.15, 0.2) is 35.7 Å². The zero-order valence-electron chi connectivity index (χ0n) is 13.4. The number of carbonyl (C=O) groups excluding carboxylic acids is 2. The number of nitrogens with one attached hydrogen (secondary N) is 2. The smallest absolute Gasteiger partial charge is 0.230 e. The molecule has 0 bridgehead atoms. The van der Waals surface area contributed by atoms with Gasteiger partial charge >= 0.3 is 0 Å². The highest BCUT2D eigenvalue weighted by molar-refractivity contribution is 7.99. The van der Waals surface area contributed by atoms with Gasteiger partial charge in [-0.15, -0.1) is 10.2 Å². The van der Waals surface area contributed by atoms with Gasteiger partial charge in [0.15, 0.2) is 5.16 Å². The molecule has 1 aromatic carbocycles. The topological polar surface area (TPSA) is 88.9 Å². The van der Waals surface area contributed by atoms with E-state index in [0.717, 1.165) is 12.1 Å². The fourth-order valence-electron chi connectivity index (χ4n) is 2.64. The number of carbonyl (C=O) groups is 2. The van der Waals surface area contributed by atoms with Crippen molar-refractivity contribution in [3.05, 3.63) is 36.2 Å². The van der Waals surface area contributed by atoms with E-state index in [1.54, 1.807) is 6.33 Å². The summed E-state index contributed by atoms with van der Waals surface area (Å²) in [5, 5.41) is 14.3. The quantitative estimate of drug-likeness (QED) is 0.760. The average Bonchev–Trinajstić information content (AvgIpc) is 3.21. The molecule has 0 aliphatic carbocycles. The summed E-state index contributed by atoms with van der Waals surface area (Å²) < 4.78 is 1.90. The number of aromatic nitrogens is 3. The van der Waals surface area contributed by atoms with Crippen molar-refractivity contribution >= 4 is 23.6 Å². The molecule has 2 N–H and O–H groups in total. The minimum Gasteiger partial charge on any atom is -0.354 e. The molecule has 1 atom stereocenters. The van der Waals surface area contributed by atoms with Crippen LogP contribution in [0.5, 0.6) is 0 Å². The lowest BCUT2D eigenvalue weighted by molar-refractivity contribution is -0.119. The molecule has 0 radical (unpaired) electrons. The van der Waals surface area contributed by atoms with E-state index < -0.39 is 0 Å². The van der Waals surface area contributed by atoms with Gasteiger partial charge in [-0.3, -0.25) is 14.2 Å². The Labute approximate surface area is 144 Å². The van der Waals surface area contributed by atoms with Gasteiger partial charge in [0.05, 0.1) is 17.5 Å². The first-order chi connectivity index (χ1) is 11.7. The molecule has 1 aliphatic rings. The Bertz CT molecular complexity index is 746. The molecule has 3 rings (SSSR count). The van der Waals surface area contributed by atoms with Crippen molar-refractivity contribution in [2.24, 2.45) is 0 Å². The van der Waals surface area contributed by atoms with Crippen LogP contribution in [0, 0.1) is 0 Å². The summed E-state index contributed by atoms with van der Waals surface area (Å²) in [5.41, 5.74) is 2.22. The number of nitrogens with zero attached hydrogens (tertiary/aromatic N) is 3. The van der Waals surface area contributed by atoms with E-state index in [4.69, 9.17) is 0 Å². The van der Waals surface area contributed by atoms with Crippen LogP contribution < -0.4 is 10.6 Å². The van der Waals surface area contributed by atoms with Gasteiger partial charge in [-0.05, 0) is 18.1 Å². The Morgan fingerprint density at radius 3 is 3.04 bits per heavy atom. The van der Waals surface area contributed by atoms with Gasteiger partial charge < -0.3 is 10.6 Å². The SMILES string of the molecule is CCc1ccccc1-n1cnnc1SCC(=O)N[C@@H]1CNC(=O)C1. The number of benzene rings is 1. The molecule has 2 heterocycles. The van der Waals surface area contributed by atoms with Gasteiger partial charge in [0, 0.05) is 13.0 Å². The second-order valence-electron chi connectivity index (χ2n) is 5.53. The number of amides is 2. The highest BCUT2D eigenvalue weighted by atomic mass is 32.2. The lowest BCUT2D eigenvalue weighted by atomic mass is 10.1. The lowest BCUT2D eigenvalue weighted by Crippen LogP contribution is -2.37. The van der Waals surface area contributed by atoms with Gasteiger partial charge in [-0.1, -0.05) is 36.9 Å². The Hall–Kier alpha value is -2.35. The molecular weight excluding hydrogens is 326 g/mol. The molecular formula is C16H19N5O2S. The molecule has 0 unspecified atom stereocenters. The van der Waals surface area contributed by atoms with Crippen LogP contribution in [0.3, 0.4) is 0 Å². The summed E-state index contributed by atoms with van der Waals surface area (Å²) in [6, 6.07) is 7.94. The van der Waals surface area contributed by atoms with Crippen LogP contribution in [0.1, 0.15) is 18.9 Å². The Kier molecular flexibility index (Phi) is 5.14. The van der Waals surface area contributed by atoms with Crippen molar-refractivity contribution < 1.29 is 9.59 Å². The van der Waals surface area contributed by atoms with Crippen molar-refractivity contribution in [1.82, 2.24) is 25.4 Å².